The summed E-state index contributed by atoms with van der Waals surface area (Å²) >= 11 is 0. The van der Waals surface area contributed by atoms with Crippen LogP contribution in [0.5, 0.6) is 0 Å². The molecular weight excluding hydrogens is 188 g/mol. The fraction of sp³-hybridized carbons (Fsp3) is 1.00. The van der Waals surface area contributed by atoms with Crippen LogP contribution < -0.4 is 5.32 Å². The smallest absolute Gasteiger partial charge is 0.0674 e. The molecule has 1 aliphatic heterocycles. The molecule has 88 valence electrons. The predicted octanol–water partition coefficient (Wildman–Crippen LogP) is 1.10. The first kappa shape index (κ1) is 11.4. The zero-order valence-corrected chi connectivity index (χ0v) is 10.0. The van der Waals surface area contributed by atoms with Crippen LogP contribution in [0.4, 0.5) is 0 Å². The second kappa shape index (κ2) is 5.28. The highest BCUT2D eigenvalue weighted by molar-refractivity contribution is 4.82. The summed E-state index contributed by atoms with van der Waals surface area (Å²) in [5.41, 5.74) is 0. The normalized spacial score (nSPS) is 30.4. The van der Waals surface area contributed by atoms with Gasteiger partial charge in [-0.3, -0.25) is 4.90 Å². The Bertz CT molecular complexity index is 194. The maximum Gasteiger partial charge on any atom is 0.0674 e. The van der Waals surface area contributed by atoms with Crippen LogP contribution >= 0.6 is 0 Å². The van der Waals surface area contributed by atoms with Gasteiger partial charge in [-0.15, -0.1) is 0 Å². The first-order valence-corrected chi connectivity index (χ1v) is 6.31. The fourth-order valence-electron chi connectivity index (χ4n) is 2.22. The molecule has 1 N–H and O–H groups in total. The lowest BCUT2D eigenvalue weighted by Gasteiger charge is -2.32. The topological polar surface area (TPSA) is 24.5 Å². The van der Waals surface area contributed by atoms with Gasteiger partial charge < -0.3 is 10.1 Å². The molecule has 2 atom stereocenters. The summed E-state index contributed by atoms with van der Waals surface area (Å²) in [6.07, 6.45) is 3.20. The summed E-state index contributed by atoms with van der Waals surface area (Å²) in [5.74, 6) is 0.760. The van der Waals surface area contributed by atoms with Crippen LogP contribution in [0.25, 0.3) is 0 Å². The van der Waals surface area contributed by atoms with E-state index < -0.39 is 0 Å². The predicted molar refractivity (Wildman–Crippen MR) is 62.0 cm³/mol. The van der Waals surface area contributed by atoms with Gasteiger partial charge in [0.1, 0.15) is 0 Å². The number of nitrogens with zero attached hydrogens (tertiary/aromatic N) is 1. The molecule has 2 unspecified atom stereocenters. The highest BCUT2D eigenvalue weighted by Gasteiger charge is 2.22. The molecule has 0 radical (unpaired) electrons. The van der Waals surface area contributed by atoms with Crippen molar-refractivity contribution in [3.8, 4) is 0 Å². The van der Waals surface area contributed by atoms with E-state index in [0.29, 0.717) is 6.10 Å². The number of ether oxygens (including phenoxy) is 1. The van der Waals surface area contributed by atoms with E-state index in [0.717, 1.165) is 31.7 Å². The van der Waals surface area contributed by atoms with Gasteiger partial charge in [0.05, 0.1) is 12.7 Å². The van der Waals surface area contributed by atoms with Crippen LogP contribution in [-0.2, 0) is 4.74 Å². The molecule has 0 amide bonds. The molecule has 1 heterocycles. The van der Waals surface area contributed by atoms with Crippen molar-refractivity contribution in [1.29, 1.82) is 0 Å². The molecule has 15 heavy (non-hydrogen) atoms. The summed E-state index contributed by atoms with van der Waals surface area (Å²) in [6.45, 7) is 10.0. The van der Waals surface area contributed by atoms with Crippen LogP contribution in [0.15, 0.2) is 0 Å². The summed E-state index contributed by atoms with van der Waals surface area (Å²) in [4.78, 5) is 2.54. The molecule has 1 aliphatic carbocycles. The van der Waals surface area contributed by atoms with E-state index in [1.165, 1.54) is 25.9 Å². The highest BCUT2D eigenvalue weighted by atomic mass is 16.5. The van der Waals surface area contributed by atoms with E-state index in [2.05, 4.69) is 24.1 Å². The molecule has 1 saturated heterocycles. The van der Waals surface area contributed by atoms with Crippen molar-refractivity contribution >= 4 is 0 Å². The third kappa shape index (κ3) is 4.09. The average molecular weight is 212 g/mol. The van der Waals surface area contributed by atoms with E-state index in [1.807, 2.05) is 0 Å². The van der Waals surface area contributed by atoms with Gasteiger partial charge in [0.15, 0.2) is 0 Å². The molecule has 2 fully saturated rings. The van der Waals surface area contributed by atoms with Crippen LogP contribution in [0.3, 0.4) is 0 Å². The first-order valence-electron chi connectivity index (χ1n) is 6.31. The molecular formula is C12H24N2O. The number of hydrogen-bond acceptors (Lipinski definition) is 3. The fourth-order valence-corrected chi connectivity index (χ4v) is 2.22. The van der Waals surface area contributed by atoms with Crippen molar-refractivity contribution in [2.75, 3.05) is 32.8 Å². The monoisotopic (exact) mass is 212 g/mol. The van der Waals surface area contributed by atoms with Gasteiger partial charge in [0, 0.05) is 25.7 Å². The Morgan fingerprint density at radius 3 is 2.93 bits per heavy atom. The lowest BCUT2D eigenvalue weighted by atomic mass is 10.1. The zero-order chi connectivity index (χ0) is 10.7. The Kier molecular flexibility index (Phi) is 4.00. The number of rotatable bonds is 5. The van der Waals surface area contributed by atoms with Gasteiger partial charge in [-0.25, -0.2) is 0 Å². The lowest BCUT2D eigenvalue weighted by molar-refractivity contribution is -0.0222. The third-order valence-corrected chi connectivity index (χ3v) is 3.23. The molecule has 0 bridgehead atoms. The molecule has 1 saturated carbocycles. The molecule has 3 heteroatoms. The largest absolute Gasteiger partial charge is 0.376 e. The molecule has 0 spiro atoms. The van der Waals surface area contributed by atoms with Crippen molar-refractivity contribution in [2.24, 2.45) is 5.92 Å². The van der Waals surface area contributed by atoms with Crippen molar-refractivity contribution in [3.05, 3.63) is 0 Å². The molecule has 2 rings (SSSR count). The van der Waals surface area contributed by atoms with Crippen LogP contribution in [0.2, 0.25) is 0 Å². The average Bonchev–Trinajstić information content (AvgIpc) is 2.98. The zero-order valence-electron chi connectivity index (χ0n) is 10.0. The standard InChI is InChI=1S/C12H24N2O/c1-10(7-13-12-3-4-12)8-14-5-6-15-11(2)9-14/h10-13H,3-9H2,1-2H3. The molecule has 3 nitrogen and oxygen atoms in total. The van der Waals surface area contributed by atoms with Crippen molar-refractivity contribution in [2.45, 2.75) is 38.8 Å². The van der Waals surface area contributed by atoms with Gasteiger partial charge in [0.25, 0.3) is 0 Å². The van der Waals surface area contributed by atoms with Gasteiger partial charge in [-0.1, -0.05) is 6.92 Å². The first-order chi connectivity index (χ1) is 7.24. The Hall–Kier alpha value is -0.120. The quantitative estimate of drug-likeness (QED) is 0.738. The van der Waals surface area contributed by atoms with E-state index >= 15 is 0 Å². The molecule has 0 aromatic rings. The minimum Gasteiger partial charge on any atom is -0.376 e. The van der Waals surface area contributed by atoms with E-state index in [4.69, 9.17) is 4.74 Å². The molecule has 2 aliphatic rings. The van der Waals surface area contributed by atoms with Crippen molar-refractivity contribution in [3.63, 3.8) is 0 Å². The Morgan fingerprint density at radius 2 is 2.27 bits per heavy atom. The van der Waals surface area contributed by atoms with E-state index in [9.17, 15) is 0 Å². The highest BCUT2D eigenvalue weighted by Crippen LogP contribution is 2.19. The second-order valence-corrected chi connectivity index (χ2v) is 5.23. The lowest BCUT2D eigenvalue weighted by Crippen LogP contribution is -2.44. The second-order valence-electron chi connectivity index (χ2n) is 5.23. The summed E-state index contributed by atoms with van der Waals surface area (Å²) in [5, 5.41) is 3.60. The summed E-state index contributed by atoms with van der Waals surface area (Å²) in [6, 6.07) is 0.844. The molecule has 0 aromatic heterocycles. The minimum atomic E-state index is 0.419. The molecule has 0 aromatic carbocycles. The van der Waals surface area contributed by atoms with E-state index in [1.54, 1.807) is 0 Å². The maximum atomic E-state index is 5.54. The van der Waals surface area contributed by atoms with Gasteiger partial charge in [0.2, 0.25) is 0 Å². The van der Waals surface area contributed by atoms with Crippen LogP contribution in [0, 0.1) is 5.92 Å². The number of hydrogen-bond donors (Lipinski definition) is 1. The minimum absolute atomic E-state index is 0.419. The number of morpholine rings is 1. The SMILES string of the molecule is CC(CNC1CC1)CN1CCOC(C)C1. The summed E-state index contributed by atoms with van der Waals surface area (Å²) in [7, 11) is 0. The third-order valence-electron chi connectivity index (χ3n) is 3.23. The number of nitrogens with one attached hydrogen (secondary N) is 1. The van der Waals surface area contributed by atoms with Crippen LogP contribution in [0.1, 0.15) is 26.7 Å². The van der Waals surface area contributed by atoms with Gasteiger partial charge >= 0.3 is 0 Å². The van der Waals surface area contributed by atoms with Crippen molar-refractivity contribution in [1.82, 2.24) is 10.2 Å². The van der Waals surface area contributed by atoms with Gasteiger partial charge in [-0.05, 0) is 32.2 Å². The Morgan fingerprint density at radius 1 is 1.47 bits per heavy atom. The van der Waals surface area contributed by atoms with Crippen molar-refractivity contribution < 1.29 is 4.74 Å². The van der Waals surface area contributed by atoms with Gasteiger partial charge in [-0.2, -0.15) is 0 Å². The maximum absolute atomic E-state index is 5.54. The van der Waals surface area contributed by atoms with E-state index in [-0.39, 0.29) is 0 Å². The Labute approximate surface area is 93.2 Å². The van der Waals surface area contributed by atoms with Crippen LogP contribution in [-0.4, -0.2) is 49.8 Å². The Balaban J connectivity index is 1.61. The summed E-state index contributed by atoms with van der Waals surface area (Å²) < 4.78 is 5.54.